The molecular weight excluding hydrogens is 455 g/mol. The summed E-state index contributed by atoms with van der Waals surface area (Å²) in [5.41, 5.74) is 7.71. The van der Waals surface area contributed by atoms with Crippen LogP contribution in [0.1, 0.15) is 0 Å². The van der Waals surface area contributed by atoms with Gasteiger partial charge >= 0.3 is 0 Å². The van der Waals surface area contributed by atoms with Gasteiger partial charge in [-0.25, -0.2) is 0 Å². The lowest BCUT2D eigenvalue weighted by Gasteiger charge is -2.54. The highest BCUT2D eigenvalue weighted by atomic mass is 16.5. The highest BCUT2D eigenvalue weighted by molar-refractivity contribution is 7.18. The van der Waals surface area contributed by atoms with Crippen LogP contribution in [0.25, 0.3) is 32.3 Å². The zero-order chi connectivity index (χ0) is 23.3. The van der Waals surface area contributed by atoms with E-state index in [0.29, 0.717) is 0 Å². The summed E-state index contributed by atoms with van der Waals surface area (Å²) in [6.45, 7) is 0.312. The molecule has 6 heterocycles. The Bertz CT molecular complexity index is 1840. The number of rotatable bonds is 0. The largest absolute Gasteiger partial charge is 0.458 e. The molecule has 7 heteroatoms. The average Bonchev–Trinajstić information content (AvgIpc) is 2.95. The number of ether oxygens (including phenoxy) is 3. The van der Waals surface area contributed by atoms with E-state index in [2.05, 4.69) is 77.4 Å². The van der Waals surface area contributed by atoms with Crippen molar-refractivity contribution in [2.45, 2.75) is 0 Å². The number of benzene rings is 6. The molecular formula is C30H12B3NO3. The van der Waals surface area contributed by atoms with Crippen molar-refractivity contribution in [2.75, 3.05) is 0 Å². The predicted octanol–water partition coefficient (Wildman–Crippen LogP) is 2.42. The highest BCUT2D eigenvalue weighted by Gasteiger charge is 2.61. The van der Waals surface area contributed by atoms with Crippen LogP contribution in [-0.2, 0) is 0 Å². The first-order valence-corrected chi connectivity index (χ1v) is 12.9. The minimum absolute atomic E-state index is 0.104. The summed E-state index contributed by atoms with van der Waals surface area (Å²) in [4.78, 5) is 0. The molecule has 4 nitrogen and oxygen atoms in total. The molecule has 0 aromatic heterocycles. The van der Waals surface area contributed by atoms with Gasteiger partial charge in [0.05, 0.1) is 0 Å². The van der Waals surface area contributed by atoms with E-state index >= 15 is 0 Å². The molecule has 0 saturated carbocycles. The Morgan fingerprint density at radius 2 is 0.595 bits per heavy atom. The molecule has 6 aromatic carbocycles. The van der Waals surface area contributed by atoms with Crippen LogP contribution in [0.15, 0.2) is 72.8 Å². The molecule has 6 aromatic rings. The smallest absolute Gasteiger partial charge is 0.280 e. The van der Waals surface area contributed by atoms with Crippen molar-refractivity contribution in [3.8, 4) is 34.5 Å². The molecule has 37 heavy (non-hydrogen) atoms. The molecule has 0 atom stereocenters. The minimum Gasteiger partial charge on any atom is -0.458 e. The standard InChI is InChI=1S/C30H12B3NO3/c1-7-16-25-22-13(1)2-8-17-26(22)32-28-19(36-17)10-4-15-6-12-21-30(24(15)28)33-29-20(37-21)11-5-14-3-9-18(35-16)27(23(14)29)31(25)34(32)33/h1-12H. The van der Waals surface area contributed by atoms with Gasteiger partial charge in [0.2, 0.25) is 0 Å². The normalized spacial score (nSPS) is 17.0. The Hall–Kier alpha value is -4.35. The first-order valence-electron chi connectivity index (χ1n) is 12.9. The van der Waals surface area contributed by atoms with E-state index in [1.807, 2.05) is 0 Å². The fourth-order valence-electron chi connectivity index (χ4n) is 8.60. The number of hydrogen-bond acceptors (Lipinski definition) is 4. The monoisotopic (exact) mass is 467 g/mol. The highest BCUT2D eigenvalue weighted by Crippen LogP contribution is 2.45. The topological polar surface area (TPSA) is 30.9 Å². The van der Waals surface area contributed by atoms with Gasteiger partial charge in [0.15, 0.2) is 0 Å². The fourth-order valence-corrected chi connectivity index (χ4v) is 8.60. The zero-order valence-electron chi connectivity index (χ0n) is 19.3. The van der Waals surface area contributed by atoms with Crippen LogP contribution in [0.5, 0.6) is 34.5 Å². The van der Waals surface area contributed by atoms with Crippen LogP contribution in [0.3, 0.4) is 0 Å². The van der Waals surface area contributed by atoms with Crippen LogP contribution < -0.4 is 47.0 Å². The van der Waals surface area contributed by atoms with E-state index in [9.17, 15) is 0 Å². The molecule has 0 spiro atoms. The summed E-state index contributed by atoms with van der Waals surface area (Å²) < 4.78 is 22.8. The second-order valence-corrected chi connectivity index (χ2v) is 11.1. The quantitative estimate of drug-likeness (QED) is 0.321. The summed E-state index contributed by atoms with van der Waals surface area (Å²) in [5, 5.41) is 7.67. The van der Waals surface area contributed by atoms with E-state index in [1.165, 1.54) is 65.1 Å². The maximum atomic E-state index is 6.68. The molecule has 0 fully saturated rings. The third kappa shape index (κ3) is 1.56. The zero-order valence-corrected chi connectivity index (χ0v) is 19.3. The Labute approximate surface area is 211 Å². The van der Waals surface area contributed by atoms with E-state index in [4.69, 9.17) is 14.2 Å². The third-order valence-electron chi connectivity index (χ3n) is 9.76. The van der Waals surface area contributed by atoms with E-state index in [-0.39, 0.29) is 20.5 Å². The van der Waals surface area contributed by atoms with Crippen LogP contribution in [0, 0.1) is 0 Å². The van der Waals surface area contributed by atoms with Crippen molar-refractivity contribution < 1.29 is 14.2 Å². The molecule has 6 aliphatic rings. The van der Waals surface area contributed by atoms with Crippen molar-refractivity contribution in [3.63, 3.8) is 0 Å². The average molecular weight is 467 g/mol. The van der Waals surface area contributed by atoms with Crippen LogP contribution in [0.4, 0.5) is 0 Å². The Kier molecular flexibility index (Phi) is 2.35. The molecule has 6 aliphatic heterocycles. The van der Waals surface area contributed by atoms with E-state index in [1.54, 1.807) is 0 Å². The van der Waals surface area contributed by atoms with E-state index in [0.717, 1.165) is 34.5 Å². The Morgan fingerprint density at radius 3 is 0.838 bits per heavy atom. The second-order valence-electron chi connectivity index (χ2n) is 11.1. The van der Waals surface area contributed by atoms with Gasteiger partial charge in [-0.1, -0.05) is 36.4 Å². The molecule has 0 amide bonds. The predicted molar refractivity (Wildman–Crippen MR) is 149 cm³/mol. The SMILES string of the molecule is c1cc2ccc3c4c2c2c1Oc1ccc5ccc6c7c5c1B2N1B4c2c(ccc4ccc(c(c24)B71)O6)O3. The van der Waals surface area contributed by atoms with Gasteiger partial charge in [-0.2, -0.15) is 0 Å². The van der Waals surface area contributed by atoms with Gasteiger partial charge < -0.3 is 18.8 Å². The molecule has 12 rings (SSSR count). The van der Waals surface area contributed by atoms with Crippen LogP contribution >= 0.6 is 0 Å². The molecule has 0 unspecified atom stereocenters. The lowest BCUT2D eigenvalue weighted by Crippen LogP contribution is -2.85. The maximum Gasteiger partial charge on any atom is 0.280 e. The van der Waals surface area contributed by atoms with Gasteiger partial charge in [-0.15, -0.1) is 0 Å². The number of nitrogens with zero attached hydrogens (tertiary/aromatic N) is 1. The summed E-state index contributed by atoms with van der Waals surface area (Å²) in [5.74, 6) is 5.78. The van der Waals surface area contributed by atoms with Gasteiger partial charge in [-0.3, -0.25) is 0 Å². The van der Waals surface area contributed by atoms with E-state index < -0.39 is 0 Å². The molecule has 0 N–H and O–H groups in total. The first-order chi connectivity index (χ1) is 18.3. The minimum atomic E-state index is 0.104. The Balaban J connectivity index is 1.43. The third-order valence-corrected chi connectivity index (χ3v) is 9.76. The van der Waals surface area contributed by atoms with Gasteiger partial charge in [0.25, 0.3) is 20.5 Å². The van der Waals surface area contributed by atoms with Crippen molar-refractivity contribution in [3.05, 3.63) is 72.8 Å². The first kappa shape index (κ1) is 17.2. The van der Waals surface area contributed by atoms with Crippen molar-refractivity contribution in [1.29, 1.82) is 0 Å². The van der Waals surface area contributed by atoms with Crippen LogP contribution in [0.2, 0.25) is 0 Å². The summed E-state index contributed by atoms with van der Waals surface area (Å²) in [7, 11) is 0. The summed E-state index contributed by atoms with van der Waals surface area (Å²) >= 11 is 0. The lowest BCUT2D eigenvalue weighted by atomic mass is 9.19. The lowest BCUT2D eigenvalue weighted by molar-refractivity contribution is 0.481. The number of hydrogen-bond donors (Lipinski definition) is 0. The summed E-state index contributed by atoms with van der Waals surface area (Å²) in [6, 6.07) is 26.2. The second kappa shape index (κ2) is 5.06. The maximum absolute atomic E-state index is 6.68. The van der Waals surface area contributed by atoms with Crippen molar-refractivity contribution in [1.82, 2.24) is 4.63 Å². The molecule has 0 saturated heterocycles. The van der Waals surface area contributed by atoms with Crippen molar-refractivity contribution >= 4 is 85.6 Å². The summed E-state index contributed by atoms with van der Waals surface area (Å²) in [6.07, 6.45) is 0. The van der Waals surface area contributed by atoms with Gasteiger partial charge in [-0.05, 0) is 101 Å². The molecule has 0 bridgehead atoms. The molecule has 0 aliphatic carbocycles. The Morgan fingerprint density at radius 1 is 0.351 bits per heavy atom. The fraction of sp³-hybridized carbons (Fsp3) is 0. The molecule has 164 valence electrons. The molecule has 0 radical (unpaired) electrons. The van der Waals surface area contributed by atoms with Gasteiger partial charge in [0.1, 0.15) is 34.5 Å². The van der Waals surface area contributed by atoms with Crippen molar-refractivity contribution in [2.24, 2.45) is 0 Å². The van der Waals surface area contributed by atoms with Crippen LogP contribution in [-0.4, -0.2) is 25.2 Å². The van der Waals surface area contributed by atoms with Gasteiger partial charge in [0, 0.05) is 0 Å².